The minimum absolute atomic E-state index is 0.186. The Bertz CT molecular complexity index is 532. The molecule has 108 valence electrons. The van der Waals surface area contributed by atoms with Crippen LogP contribution >= 0.6 is 11.3 Å². The molecule has 2 N–H and O–H groups in total. The highest BCUT2D eigenvalue weighted by Gasteiger charge is 2.13. The third-order valence-corrected chi connectivity index (χ3v) is 3.51. The zero-order valence-electron chi connectivity index (χ0n) is 11.7. The Hall–Kier alpha value is -1.89. The zero-order valence-corrected chi connectivity index (χ0v) is 12.6. The average molecular weight is 293 g/mol. The van der Waals surface area contributed by atoms with Crippen molar-refractivity contribution in [3.05, 3.63) is 22.4 Å². The van der Waals surface area contributed by atoms with Gasteiger partial charge in [-0.25, -0.2) is 0 Å². The quantitative estimate of drug-likeness (QED) is 0.844. The summed E-state index contributed by atoms with van der Waals surface area (Å²) >= 11 is 1.71. The Morgan fingerprint density at radius 1 is 1.30 bits per heavy atom. The molecule has 0 saturated heterocycles. The molecule has 7 heteroatoms. The van der Waals surface area contributed by atoms with Gasteiger partial charge in [-0.1, -0.05) is 13.0 Å². The predicted octanol–water partition coefficient (Wildman–Crippen LogP) is 2.33. The third-order valence-electron chi connectivity index (χ3n) is 2.65. The largest absolute Gasteiger partial charge is 0.463 e. The first kappa shape index (κ1) is 14.5. The maximum Gasteiger partial charge on any atom is 0.323 e. The topological polar surface area (TPSA) is 77.2 Å². The molecule has 2 aromatic rings. The van der Waals surface area contributed by atoms with Crippen molar-refractivity contribution in [2.24, 2.45) is 0 Å². The first-order chi connectivity index (χ1) is 9.72. The fourth-order valence-electron chi connectivity index (χ4n) is 1.67. The van der Waals surface area contributed by atoms with Crippen molar-refractivity contribution in [1.29, 1.82) is 0 Å². The Kier molecular flexibility index (Phi) is 5.11. The van der Waals surface area contributed by atoms with Crippen LogP contribution in [0.3, 0.4) is 0 Å². The van der Waals surface area contributed by atoms with Crippen LogP contribution in [0.4, 0.5) is 11.9 Å². The molecule has 0 spiro atoms. The van der Waals surface area contributed by atoms with Crippen LogP contribution < -0.4 is 15.4 Å². The minimum atomic E-state index is 0.186. The van der Waals surface area contributed by atoms with Gasteiger partial charge in [-0.05, 0) is 24.8 Å². The highest BCUT2D eigenvalue weighted by Crippen LogP contribution is 2.18. The van der Waals surface area contributed by atoms with Crippen LogP contribution in [-0.2, 0) is 6.54 Å². The predicted molar refractivity (Wildman–Crippen MR) is 81.1 cm³/mol. The number of anilines is 2. The van der Waals surface area contributed by atoms with Crippen LogP contribution in [0.5, 0.6) is 6.01 Å². The lowest BCUT2D eigenvalue weighted by atomic mass is 10.4. The molecule has 6 nitrogen and oxygen atoms in total. The summed E-state index contributed by atoms with van der Waals surface area (Å²) in [5, 5.41) is 2.06. The molecular weight excluding hydrogens is 274 g/mol. The van der Waals surface area contributed by atoms with Crippen LogP contribution in [0.1, 0.15) is 25.1 Å². The zero-order chi connectivity index (χ0) is 14.4. The van der Waals surface area contributed by atoms with Crippen LogP contribution in [0.2, 0.25) is 0 Å². The van der Waals surface area contributed by atoms with E-state index in [9.17, 15) is 0 Å². The first-order valence-corrected chi connectivity index (χ1v) is 7.52. The SMILES string of the molecule is CCCOc1nc(N)nc(N(CC)Cc2cccs2)n1. The average Bonchev–Trinajstić information content (AvgIpc) is 2.95. The molecule has 20 heavy (non-hydrogen) atoms. The number of nitrogens with zero attached hydrogens (tertiary/aromatic N) is 4. The molecule has 2 aromatic heterocycles. The second kappa shape index (κ2) is 7.04. The highest BCUT2D eigenvalue weighted by atomic mass is 32.1. The number of nitrogens with two attached hydrogens (primary N) is 1. The molecular formula is C13H19N5OS. The Balaban J connectivity index is 2.17. The van der Waals surface area contributed by atoms with Crippen molar-refractivity contribution in [3.8, 4) is 6.01 Å². The smallest absolute Gasteiger partial charge is 0.323 e. The van der Waals surface area contributed by atoms with Crippen molar-refractivity contribution in [2.45, 2.75) is 26.8 Å². The van der Waals surface area contributed by atoms with Gasteiger partial charge in [0.15, 0.2) is 0 Å². The van der Waals surface area contributed by atoms with E-state index >= 15 is 0 Å². The summed E-state index contributed by atoms with van der Waals surface area (Å²) in [7, 11) is 0. The second-order valence-corrected chi connectivity index (χ2v) is 5.25. The lowest BCUT2D eigenvalue weighted by molar-refractivity contribution is 0.292. The molecule has 0 bridgehead atoms. The maximum absolute atomic E-state index is 5.73. The van der Waals surface area contributed by atoms with E-state index < -0.39 is 0 Å². The van der Waals surface area contributed by atoms with Gasteiger partial charge in [-0.15, -0.1) is 11.3 Å². The van der Waals surface area contributed by atoms with Gasteiger partial charge in [0.05, 0.1) is 13.2 Å². The number of thiophene rings is 1. The summed E-state index contributed by atoms with van der Waals surface area (Å²) in [6.45, 7) is 6.19. The summed E-state index contributed by atoms with van der Waals surface area (Å²) in [6.07, 6.45) is 0.896. The number of hydrogen-bond acceptors (Lipinski definition) is 7. The van der Waals surface area contributed by atoms with Gasteiger partial charge < -0.3 is 15.4 Å². The standard InChI is InChI=1S/C13H19N5OS/c1-3-7-19-13-16-11(14)15-12(17-13)18(4-2)9-10-6-5-8-20-10/h5-6,8H,3-4,7,9H2,1-2H3,(H2,14,15,16,17). The van der Waals surface area contributed by atoms with Gasteiger partial charge in [-0.3, -0.25) is 0 Å². The molecule has 0 amide bonds. The molecule has 2 rings (SSSR count). The Labute approximate surface area is 122 Å². The number of nitrogen functional groups attached to an aromatic ring is 1. The van der Waals surface area contributed by atoms with Crippen molar-refractivity contribution in [3.63, 3.8) is 0 Å². The minimum Gasteiger partial charge on any atom is -0.463 e. The van der Waals surface area contributed by atoms with E-state index in [-0.39, 0.29) is 5.95 Å². The van der Waals surface area contributed by atoms with Crippen molar-refractivity contribution >= 4 is 23.2 Å². The van der Waals surface area contributed by atoms with Crippen LogP contribution in [0.25, 0.3) is 0 Å². The van der Waals surface area contributed by atoms with Gasteiger partial charge in [0.2, 0.25) is 11.9 Å². The van der Waals surface area contributed by atoms with E-state index in [1.807, 2.05) is 17.9 Å². The maximum atomic E-state index is 5.73. The van der Waals surface area contributed by atoms with E-state index in [1.54, 1.807) is 11.3 Å². The van der Waals surface area contributed by atoms with Gasteiger partial charge in [0.25, 0.3) is 0 Å². The summed E-state index contributed by atoms with van der Waals surface area (Å²) in [5.74, 6) is 0.741. The molecule has 0 aromatic carbocycles. The summed E-state index contributed by atoms with van der Waals surface area (Å²) in [4.78, 5) is 15.8. The number of hydrogen-bond donors (Lipinski definition) is 1. The third kappa shape index (κ3) is 3.80. The molecule has 2 heterocycles. The van der Waals surface area contributed by atoms with Gasteiger partial charge >= 0.3 is 6.01 Å². The molecule has 0 unspecified atom stereocenters. The Morgan fingerprint density at radius 3 is 2.80 bits per heavy atom. The van der Waals surface area contributed by atoms with Crippen molar-refractivity contribution in [2.75, 3.05) is 23.8 Å². The summed E-state index contributed by atoms with van der Waals surface area (Å²) in [5.41, 5.74) is 5.73. The van der Waals surface area contributed by atoms with Gasteiger partial charge in [-0.2, -0.15) is 15.0 Å². The van der Waals surface area contributed by atoms with Crippen molar-refractivity contribution < 1.29 is 4.74 Å². The first-order valence-electron chi connectivity index (χ1n) is 6.64. The highest BCUT2D eigenvalue weighted by molar-refractivity contribution is 7.09. The van der Waals surface area contributed by atoms with E-state index in [1.165, 1.54) is 4.88 Å². The molecule has 0 aliphatic carbocycles. The monoisotopic (exact) mass is 293 g/mol. The molecule has 0 radical (unpaired) electrons. The van der Waals surface area contributed by atoms with E-state index in [2.05, 4.69) is 33.3 Å². The van der Waals surface area contributed by atoms with E-state index in [0.717, 1.165) is 19.5 Å². The van der Waals surface area contributed by atoms with Crippen LogP contribution in [0, 0.1) is 0 Å². The van der Waals surface area contributed by atoms with Gasteiger partial charge in [0, 0.05) is 11.4 Å². The molecule has 0 atom stereocenters. The van der Waals surface area contributed by atoms with Crippen LogP contribution in [-0.4, -0.2) is 28.1 Å². The lowest BCUT2D eigenvalue weighted by Crippen LogP contribution is -2.24. The van der Waals surface area contributed by atoms with Crippen molar-refractivity contribution in [1.82, 2.24) is 15.0 Å². The number of ether oxygens (including phenoxy) is 1. The fraction of sp³-hybridized carbons (Fsp3) is 0.462. The summed E-state index contributed by atoms with van der Waals surface area (Å²) in [6, 6.07) is 4.41. The molecule has 0 aliphatic rings. The van der Waals surface area contributed by atoms with E-state index in [4.69, 9.17) is 10.5 Å². The van der Waals surface area contributed by atoms with E-state index in [0.29, 0.717) is 18.6 Å². The number of rotatable bonds is 7. The normalized spacial score (nSPS) is 10.5. The number of aromatic nitrogens is 3. The van der Waals surface area contributed by atoms with Gasteiger partial charge in [0.1, 0.15) is 0 Å². The second-order valence-electron chi connectivity index (χ2n) is 4.22. The molecule has 0 saturated carbocycles. The van der Waals surface area contributed by atoms with Crippen LogP contribution in [0.15, 0.2) is 17.5 Å². The lowest BCUT2D eigenvalue weighted by Gasteiger charge is -2.20. The Morgan fingerprint density at radius 2 is 2.15 bits per heavy atom. The molecule has 0 aliphatic heterocycles. The fourth-order valence-corrected chi connectivity index (χ4v) is 2.39. The summed E-state index contributed by atoms with van der Waals surface area (Å²) < 4.78 is 5.44. The molecule has 0 fully saturated rings.